The minimum absolute atomic E-state index is 0.891. The van der Waals surface area contributed by atoms with Crippen molar-refractivity contribution in [1.29, 1.82) is 0 Å². The Morgan fingerprint density at radius 1 is 0.944 bits per heavy atom. The van der Waals surface area contributed by atoms with Crippen molar-refractivity contribution in [2.45, 2.75) is 6.92 Å². The second-order valence-electron chi connectivity index (χ2n) is 4.35. The summed E-state index contributed by atoms with van der Waals surface area (Å²) in [5, 5.41) is 1.25. The zero-order valence-electron chi connectivity index (χ0n) is 10.6. The molecule has 3 aromatic rings. The summed E-state index contributed by atoms with van der Waals surface area (Å²) >= 11 is 0. The van der Waals surface area contributed by atoms with Crippen LogP contribution in [0.2, 0.25) is 0 Å². The summed E-state index contributed by atoms with van der Waals surface area (Å²) in [4.78, 5) is 0. The predicted molar refractivity (Wildman–Crippen MR) is 74.6 cm³/mol. The highest BCUT2D eigenvalue weighted by Gasteiger charge is 2.10. The van der Waals surface area contributed by atoms with Crippen LogP contribution in [0.25, 0.3) is 16.6 Å². The summed E-state index contributed by atoms with van der Waals surface area (Å²) in [7, 11) is 1.71. The normalized spacial score (nSPS) is 10.8. The topological polar surface area (TPSA) is 14.2 Å². The van der Waals surface area contributed by atoms with E-state index in [4.69, 9.17) is 4.74 Å². The van der Waals surface area contributed by atoms with E-state index in [1.165, 1.54) is 16.6 Å². The molecule has 1 aromatic heterocycles. The molecule has 2 heteroatoms. The molecule has 0 saturated carbocycles. The van der Waals surface area contributed by atoms with Crippen LogP contribution < -0.4 is 4.74 Å². The fourth-order valence-electron chi connectivity index (χ4n) is 2.43. The van der Waals surface area contributed by atoms with Crippen LogP contribution in [0.15, 0.2) is 54.6 Å². The molecule has 90 valence electrons. The van der Waals surface area contributed by atoms with Gasteiger partial charge in [0.2, 0.25) is 0 Å². The Balaban J connectivity index is 2.34. The van der Waals surface area contributed by atoms with Gasteiger partial charge in [0.15, 0.2) is 0 Å². The van der Waals surface area contributed by atoms with Gasteiger partial charge < -0.3 is 9.30 Å². The number of methoxy groups -OCH3 is 1. The molecule has 0 N–H and O–H groups in total. The molecule has 2 aromatic carbocycles. The maximum Gasteiger partial charge on any atom is 0.142 e. The average molecular weight is 237 g/mol. The Hall–Kier alpha value is -2.22. The van der Waals surface area contributed by atoms with E-state index in [9.17, 15) is 0 Å². The lowest BCUT2D eigenvalue weighted by Gasteiger charge is -2.12. The molecule has 18 heavy (non-hydrogen) atoms. The molecule has 0 radical (unpaired) electrons. The Bertz CT molecular complexity index is 697. The Labute approximate surface area is 106 Å². The second-order valence-corrected chi connectivity index (χ2v) is 4.35. The molecule has 1 heterocycles. The first-order valence-electron chi connectivity index (χ1n) is 6.02. The monoisotopic (exact) mass is 237 g/mol. The van der Waals surface area contributed by atoms with Gasteiger partial charge in [-0.1, -0.05) is 30.3 Å². The quantitative estimate of drug-likeness (QED) is 0.658. The average Bonchev–Trinajstić information content (AvgIpc) is 2.74. The van der Waals surface area contributed by atoms with Gasteiger partial charge >= 0.3 is 0 Å². The van der Waals surface area contributed by atoms with Crippen molar-refractivity contribution >= 4 is 10.9 Å². The highest BCUT2D eigenvalue weighted by molar-refractivity contribution is 5.83. The van der Waals surface area contributed by atoms with Crippen LogP contribution in [0.3, 0.4) is 0 Å². The Kier molecular flexibility index (Phi) is 2.56. The first kappa shape index (κ1) is 10.9. The fourth-order valence-corrected chi connectivity index (χ4v) is 2.43. The van der Waals surface area contributed by atoms with Crippen LogP contribution in [-0.4, -0.2) is 11.7 Å². The molecule has 0 spiro atoms. The first-order chi connectivity index (χ1) is 8.81. The zero-order valence-corrected chi connectivity index (χ0v) is 10.6. The number of benzene rings is 2. The molecule has 2 nitrogen and oxygen atoms in total. The van der Waals surface area contributed by atoms with Crippen molar-refractivity contribution < 1.29 is 4.74 Å². The van der Waals surface area contributed by atoms with Crippen LogP contribution in [0.1, 0.15) is 5.69 Å². The van der Waals surface area contributed by atoms with E-state index < -0.39 is 0 Å². The molecule has 0 aliphatic heterocycles. The standard InChI is InChI=1S/C16H15NO/c1-12-11-13-7-3-4-8-14(13)17(12)15-9-5-6-10-16(15)18-2/h3-11H,1-2H3. The molecule has 0 atom stereocenters. The lowest BCUT2D eigenvalue weighted by atomic mass is 10.2. The van der Waals surface area contributed by atoms with Crippen molar-refractivity contribution in [2.24, 2.45) is 0 Å². The Morgan fingerprint density at radius 3 is 2.50 bits per heavy atom. The van der Waals surface area contributed by atoms with Crippen LogP contribution in [0.4, 0.5) is 0 Å². The molecule has 0 saturated heterocycles. The molecular weight excluding hydrogens is 222 g/mol. The molecule has 0 bridgehead atoms. The molecular formula is C16H15NO. The predicted octanol–water partition coefficient (Wildman–Crippen LogP) is 3.95. The van der Waals surface area contributed by atoms with Gasteiger partial charge in [0, 0.05) is 11.1 Å². The van der Waals surface area contributed by atoms with E-state index in [2.05, 4.69) is 47.9 Å². The number of hydrogen-bond donors (Lipinski definition) is 0. The number of hydrogen-bond acceptors (Lipinski definition) is 1. The maximum atomic E-state index is 5.45. The van der Waals surface area contributed by atoms with Gasteiger partial charge in [0.25, 0.3) is 0 Å². The van der Waals surface area contributed by atoms with Crippen LogP contribution >= 0.6 is 0 Å². The van der Waals surface area contributed by atoms with Crippen LogP contribution in [-0.2, 0) is 0 Å². The number of rotatable bonds is 2. The van der Waals surface area contributed by atoms with Crippen molar-refractivity contribution in [2.75, 3.05) is 7.11 Å². The minimum Gasteiger partial charge on any atom is -0.495 e. The van der Waals surface area contributed by atoms with Crippen LogP contribution in [0, 0.1) is 6.92 Å². The molecule has 0 amide bonds. The molecule has 0 fully saturated rings. The number of aromatic nitrogens is 1. The van der Waals surface area contributed by atoms with Gasteiger partial charge in [-0.05, 0) is 31.2 Å². The third kappa shape index (κ3) is 1.58. The largest absolute Gasteiger partial charge is 0.495 e. The lowest BCUT2D eigenvalue weighted by molar-refractivity contribution is 0.413. The van der Waals surface area contributed by atoms with Gasteiger partial charge in [0.05, 0.1) is 18.3 Å². The molecule has 3 rings (SSSR count). The van der Waals surface area contributed by atoms with E-state index in [1.54, 1.807) is 7.11 Å². The van der Waals surface area contributed by atoms with E-state index in [1.807, 2.05) is 18.2 Å². The van der Waals surface area contributed by atoms with Gasteiger partial charge in [-0.25, -0.2) is 0 Å². The zero-order chi connectivity index (χ0) is 12.5. The van der Waals surface area contributed by atoms with Crippen molar-refractivity contribution in [1.82, 2.24) is 4.57 Å². The number of ether oxygens (including phenoxy) is 1. The Morgan fingerprint density at radius 2 is 1.67 bits per heavy atom. The van der Waals surface area contributed by atoms with Crippen molar-refractivity contribution in [3.8, 4) is 11.4 Å². The molecule has 0 aliphatic rings. The van der Waals surface area contributed by atoms with E-state index in [0.717, 1.165) is 11.4 Å². The summed E-state index contributed by atoms with van der Waals surface area (Å²) < 4.78 is 7.68. The molecule has 0 unspecified atom stereocenters. The molecule has 0 aliphatic carbocycles. The van der Waals surface area contributed by atoms with Crippen LogP contribution in [0.5, 0.6) is 5.75 Å². The number of nitrogens with zero attached hydrogens (tertiary/aromatic N) is 1. The van der Waals surface area contributed by atoms with Crippen molar-refractivity contribution in [3.05, 3.63) is 60.3 Å². The highest BCUT2D eigenvalue weighted by Crippen LogP contribution is 2.29. The lowest BCUT2D eigenvalue weighted by Crippen LogP contribution is -1.99. The minimum atomic E-state index is 0.891. The van der Waals surface area contributed by atoms with Crippen molar-refractivity contribution in [3.63, 3.8) is 0 Å². The second kappa shape index (κ2) is 4.22. The van der Waals surface area contributed by atoms with Gasteiger partial charge in [-0.2, -0.15) is 0 Å². The first-order valence-corrected chi connectivity index (χ1v) is 6.02. The van der Waals surface area contributed by atoms with E-state index >= 15 is 0 Å². The summed E-state index contributed by atoms with van der Waals surface area (Å²) in [5.41, 5.74) is 3.50. The summed E-state index contributed by atoms with van der Waals surface area (Å²) in [6.45, 7) is 2.12. The summed E-state index contributed by atoms with van der Waals surface area (Å²) in [6, 6.07) is 18.7. The third-order valence-corrected chi connectivity index (χ3v) is 3.22. The highest BCUT2D eigenvalue weighted by atomic mass is 16.5. The number of para-hydroxylation sites is 3. The third-order valence-electron chi connectivity index (χ3n) is 3.22. The number of aryl methyl sites for hydroxylation is 1. The van der Waals surface area contributed by atoms with E-state index in [0.29, 0.717) is 0 Å². The van der Waals surface area contributed by atoms with Gasteiger partial charge in [-0.15, -0.1) is 0 Å². The van der Waals surface area contributed by atoms with E-state index in [-0.39, 0.29) is 0 Å². The van der Waals surface area contributed by atoms with Gasteiger partial charge in [-0.3, -0.25) is 0 Å². The fraction of sp³-hybridized carbons (Fsp3) is 0.125. The van der Waals surface area contributed by atoms with Gasteiger partial charge in [0.1, 0.15) is 5.75 Å². The SMILES string of the molecule is COc1ccccc1-n1c(C)cc2ccccc21. The smallest absolute Gasteiger partial charge is 0.142 e. The summed E-state index contributed by atoms with van der Waals surface area (Å²) in [6.07, 6.45) is 0. The number of fused-ring (bicyclic) bond motifs is 1. The maximum absolute atomic E-state index is 5.45. The summed E-state index contributed by atoms with van der Waals surface area (Å²) in [5.74, 6) is 0.891.